The largest absolute Gasteiger partial charge is 0.354 e. The summed E-state index contributed by atoms with van der Waals surface area (Å²) in [5.74, 6) is -0.792. The fourth-order valence-electron chi connectivity index (χ4n) is 3.14. The van der Waals surface area contributed by atoms with E-state index in [4.69, 9.17) is 46.4 Å². The molecule has 2 rings (SSSR count). The summed E-state index contributed by atoms with van der Waals surface area (Å²) >= 11 is 24.4. The van der Waals surface area contributed by atoms with Crippen molar-refractivity contribution in [2.75, 3.05) is 23.7 Å². The van der Waals surface area contributed by atoms with Gasteiger partial charge in [0.15, 0.2) is 0 Å². The van der Waals surface area contributed by atoms with Crippen molar-refractivity contribution >= 4 is 73.9 Å². The van der Waals surface area contributed by atoms with Gasteiger partial charge in [0.1, 0.15) is 12.6 Å². The van der Waals surface area contributed by atoms with Gasteiger partial charge in [0, 0.05) is 18.1 Å². The van der Waals surface area contributed by atoms with E-state index >= 15 is 0 Å². The Labute approximate surface area is 226 Å². The SMILES string of the molecule is CC(C)CNC(=O)[C@H](C)N(Cc1ccc(Cl)c(Cl)c1)C(=O)CN(c1cc(Cl)ccc1Cl)S(C)(=O)=O. The maximum absolute atomic E-state index is 13.5. The molecular formula is C23H27Cl4N3O4S. The van der Waals surface area contributed by atoms with Crippen LogP contribution in [0.25, 0.3) is 0 Å². The number of nitrogens with zero attached hydrogens (tertiary/aromatic N) is 2. The first-order valence-corrected chi connectivity index (χ1v) is 14.0. The Hall–Kier alpha value is -1.71. The number of nitrogens with one attached hydrogen (secondary N) is 1. The summed E-state index contributed by atoms with van der Waals surface area (Å²) in [6.45, 7) is 5.28. The molecule has 2 aromatic rings. The van der Waals surface area contributed by atoms with Gasteiger partial charge in [0.25, 0.3) is 0 Å². The van der Waals surface area contributed by atoms with Crippen LogP contribution >= 0.6 is 46.4 Å². The van der Waals surface area contributed by atoms with Crippen LogP contribution in [0.3, 0.4) is 0 Å². The van der Waals surface area contributed by atoms with Gasteiger partial charge in [-0.2, -0.15) is 0 Å². The van der Waals surface area contributed by atoms with Gasteiger partial charge < -0.3 is 10.2 Å². The second-order valence-electron chi connectivity index (χ2n) is 8.45. The minimum Gasteiger partial charge on any atom is -0.354 e. The van der Waals surface area contributed by atoms with E-state index in [-0.39, 0.29) is 39.1 Å². The Morgan fingerprint density at radius 1 is 0.943 bits per heavy atom. The van der Waals surface area contributed by atoms with E-state index in [1.54, 1.807) is 25.1 Å². The first kappa shape index (κ1) is 29.5. The van der Waals surface area contributed by atoms with Crippen molar-refractivity contribution in [2.45, 2.75) is 33.4 Å². The first-order valence-electron chi connectivity index (χ1n) is 10.6. The Morgan fingerprint density at radius 2 is 1.57 bits per heavy atom. The molecule has 0 saturated carbocycles. The van der Waals surface area contributed by atoms with E-state index in [1.807, 2.05) is 13.8 Å². The molecule has 12 heteroatoms. The van der Waals surface area contributed by atoms with Crippen molar-refractivity contribution in [3.05, 3.63) is 62.1 Å². The van der Waals surface area contributed by atoms with Crippen LogP contribution in [0, 0.1) is 5.92 Å². The van der Waals surface area contributed by atoms with Crippen LogP contribution in [0.4, 0.5) is 5.69 Å². The second kappa shape index (κ2) is 12.5. The molecule has 0 aromatic heterocycles. The van der Waals surface area contributed by atoms with E-state index in [9.17, 15) is 18.0 Å². The van der Waals surface area contributed by atoms with Crippen LogP contribution in [-0.4, -0.2) is 50.5 Å². The molecule has 0 heterocycles. The number of rotatable bonds is 10. The van der Waals surface area contributed by atoms with Gasteiger partial charge >= 0.3 is 0 Å². The van der Waals surface area contributed by atoms with Gasteiger partial charge in [-0.05, 0) is 48.7 Å². The van der Waals surface area contributed by atoms with Crippen molar-refractivity contribution in [3.63, 3.8) is 0 Å². The minimum absolute atomic E-state index is 0.00708. The fraction of sp³-hybridized carbons (Fsp3) is 0.391. The number of sulfonamides is 1. The molecule has 0 unspecified atom stereocenters. The van der Waals surface area contributed by atoms with Crippen molar-refractivity contribution in [1.82, 2.24) is 10.2 Å². The molecule has 35 heavy (non-hydrogen) atoms. The van der Waals surface area contributed by atoms with Gasteiger partial charge in [-0.3, -0.25) is 13.9 Å². The molecule has 1 N–H and O–H groups in total. The van der Waals surface area contributed by atoms with Crippen molar-refractivity contribution in [2.24, 2.45) is 5.92 Å². The Balaban J connectivity index is 2.43. The van der Waals surface area contributed by atoms with Crippen molar-refractivity contribution in [1.29, 1.82) is 0 Å². The Bertz CT molecular complexity index is 1190. The minimum atomic E-state index is -3.93. The Kier molecular flexibility index (Phi) is 10.5. The van der Waals surface area contributed by atoms with Crippen LogP contribution in [0.1, 0.15) is 26.3 Å². The van der Waals surface area contributed by atoms with E-state index in [0.29, 0.717) is 17.1 Å². The smallest absolute Gasteiger partial charge is 0.244 e. The second-order valence-corrected chi connectivity index (χ2v) is 12.0. The lowest BCUT2D eigenvalue weighted by atomic mass is 10.1. The first-order chi connectivity index (χ1) is 16.2. The number of halogens is 4. The molecule has 2 amide bonds. The van der Waals surface area contributed by atoms with Crippen LogP contribution in [0.5, 0.6) is 0 Å². The lowest BCUT2D eigenvalue weighted by Crippen LogP contribution is -2.51. The number of benzene rings is 2. The molecule has 0 bridgehead atoms. The molecule has 2 aromatic carbocycles. The van der Waals surface area contributed by atoms with Gasteiger partial charge in [-0.1, -0.05) is 66.3 Å². The van der Waals surface area contributed by atoms with Crippen LogP contribution in [-0.2, 0) is 26.2 Å². The zero-order valence-electron chi connectivity index (χ0n) is 19.7. The van der Waals surface area contributed by atoms with Gasteiger partial charge in [-0.15, -0.1) is 0 Å². The van der Waals surface area contributed by atoms with Crippen molar-refractivity contribution < 1.29 is 18.0 Å². The topological polar surface area (TPSA) is 86.8 Å². The normalized spacial score (nSPS) is 12.4. The third kappa shape index (κ3) is 8.43. The van der Waals surface area contributed by atoms with Crippen molar-refractivity contribution in [3.8, 4) is 0 Å². The maximum Gasteiger partial charge on any atom is 0.244 e. The molecule has 0 aliphatic heterocycles. The average molecular weight is 583 g/mol. The number of hydrogen-bond donors (Lipinski definition) is 1. The Morgan fingerprint density at radius 3 is 2.14 bits per heavy atom. The average Bonchev–Trinajstić information content (AvgIpc) is 2.76. The molecule has 7 nitrogen and oxygen atoms in total. The molecule has 1 atom stereocenters. The van der Waals surface area contributed by atoms with Crippen LogP contribution in [0.15, 0.2) is 36.4 Å². The van der Waals surface area contributed by atoms with E-state index in [1.165, 1.54) is 23.1 Å². The number of carbonyl (C=O) groups is 2. The van der Waals surface area contributed by atoms with Gasteiger partial charge in [0.2, 0.25) is 21.8 Å². The van der Waals surface area contributed by atoms with E-state index in [2.05, 4.69) is 5.32 Å². The highest BCUT2D eigenvalue weighted by atomic mass is 35.5. The standard InChI is InChI=1S/C23H27Cl4N3O4S/c1-14(2)11-28-23(32)15(3)29(12-16-5-7-18(25)20(27)9-16)22(31)13-30(35(4,33)34)21-10-17(24)6-8-19(21)26/h5-10,14-15H,11-13H2,1-4H3,(H,28,32)/t15-/m0/s1. The summed E-state index contributed by atoms with van der Waals surface area (Å²) in [6.07, 6.45) is 0.958. The molecule has 0 aliphatic rings. The fourth-order valence-corrected chi connectivity index (χ4v) is 4.75. The van der Waals surface area contributed by atoms with E-state index < -0.39 is 28.5 Å². The summed E-state index contributed by atoms with van der Waals surface area (Å²) in [6, 6.07) is 8.25. The zero-order chi connectivity index (χ0) is 26.5. The number of anilines is 1. The third-order valence-electron chi connectivity index (χ3n) is 5.04. The third-order valence-corrected chi connectivity index (χ3v) is 7.47. The summed E-state index contributed by atoms with van der Waals surface area (Å²) in [7, 11) is -3.93. The maximum atomic E-state index is 13.5. The number of amides is 2. The van der Waals surface area contributed by atoms with Crippen LogP contribution < -0.4 is 9.62 Å². The predicted molar refractivity (Wildman–Crippen MR) is 143 cm³/mol. The zero-order valence-corrected chi connectivity index (χ0v) is 23.5. The lowest BCUT2D eigenvalue weighted by Gasteiger charge is -2.32. The number of hydrogen-bond acceptors (Lipinski definition) is 4. The highest BCUT2D eigenvalue weighted by molar-refractivity contribution is 7.92. The van der Waals surface area contributed by atoms with Crippen LogP contribution in [0.2, 0.25) is 20.1 Å². The molecule has 0 aliphatic carbocycles. The summed E-state index contributed by atoms with van der Waals surface area (Å²) < 4.78 is 26.1. The van der Waals surface area contributed by atoms with Gasteiger partial charge in [-0.25, -0.2) is 8.42 Å². The molecule has 0 fully saturated rings. The highest BCUT2D eigenvalue weighted by Gasteiger charge is 2.31. The molecule has 0 radical (unpaired) electrons. The summed E-state index contributed by atoms with van der Waals surface area (Å²) in [4.78, 5) is 27.6. The molecule has 0 saturated heterocycles. The lowest BCUT2D eigenvalue weighted by molar-refractivity contribution is -0.139. The molecular weight excluding hydrogens is 556 g/mol. The van der Waals surface area contributed by atoms with Gasteiger partial charge in [0.05, 0.1) is 27.0 Å². The molecule has 0 spiro atoms. The monoisotopic (exact) mass is 581 g/mol. The quantitative estimate of drug-likeness (QED) is 0.414. The summed E-state index contributed by atoms with van der Waals surface area (Å²) in [5, 5.41) is 3.79. The molecule has 192 valence electrons. The van der Waals surface area contributed by atoms with E-state index in [0.717, 1.165) is 10.6 Å². The highest BCUT2D eigenvalue weighted by Crippen LogP contribution is 2.31. The predicted octanol–water partition coefficient (Wildman–Crippen LogP) is 5.26. The summed E-state index contributed by atoms with van der Waals surface area (Å²) in [5.41, 5.74) is 0.671. The number of carbonyl (C=O) groups excluding carboxylic acids is 2.